The number of carbonyl (C=O) groups is 2. The Morgan fingerprint density at radius 1 is 1.53 bits per heavy atom. The maximum absolute atomic E-state index is 11.8. The van der Waals surface area contributed by atoms with Gasteiger partial charge in [-0.3, -0.25) is 14.4 Å². The molecule has 0 aliphatic heterocycles. The van der Waals surface area contributed by atoms with Gasteiger partial charge in [-0.25, -0.2) is 5.06 Å². The minimum absolute atomic E-state index is 0.272. The summed E-state index contributed by atoms with van der Waals surface area (Å²) in [7, 11) is 2.88. The molecule has 0 bridgehead atoms. The van der Waals surface area contributed by atoms with Crippen molar-refractivity contribution in [2.45, 2.75) is 13.0 Å². The standard InChI is InChI=1S/C10H13BrN2O3S/c1-6(10(15)13(2)16-3)12-9(14)7-4-5-8(11)17-7/h4-6H,1-3H3,(H,12,14)/t6-/m0/s1. The van der Waals surface area contributed by atoms with E-state index in [9.17, 15) is 9.59 Å². The largest absolute Gasteiger partial charge is 0.340 e. The van der Waals surface area contributed by atoms with Crippen LogP contribution in [0.4, 0.5) is 0 Å². The Bertz CT molecular complexity index is 421. The van der Waals surface area contributed by atoms with Crippen LogP contribution >= 0.6 is 27.3 Å². The maximum atomic E-state index is 11.8. The highest BCUT2D eigenvalue weighted by atomic mass is 79.9. The predicted octanol–water partition coefficient (Wildman–Crippen LogP) is 1.65. The van der Waals surface area contributed by atoms with Crippen LogP contribution < -0.4 is 5.32 Å². The first-order valence-electron chi connectivity index (χ1n) is 4.83. The molecular weight excluding hydrogens is 308 g/mol. The van der Waals surface area contributed by atoms with Crippen molar-refractivity contribution in [3.8, 4) is 0 Å². The quantitative estimate of drug-likeness (QED) is 0.858. The van der Waals surface area contributed by atoms with Gasteiger partial charge in [0.15, 0.2) is 0 Å². The molecule has 1 atom stereocenters. The van der Waals surface area contributed by atoms with Gasteiger partial charge < -0.3 is 5.32 Å². The number of nitrogens with zero attached hydrogens (tertiary/aromatic N) is 1. The lowest BCUT2D eigenvalue weighted by Crippen LogP contribution is -2.45. The summed E-state index contributed by atoms with van der Waals surface area (Å²) in [5.41, 5.74) is 0. The molecule has 0 saturated carbocycles. The Kier molecular flexibility index (Phi) is 5.10. The third kappa shape index (κ3) is 3.79. The van der Waals surface area contributed by atoms with Crippen LogP contribution in [-0.2, 0) is 9.63 Å². The first kappa shape index (κ1) is 14.1. The van der Waals surface area contributed by atoms with Gasteiger partial charge in [0, 0.05) is 7.05 Å². The van der Waals surface area contributed by atoms with Crippen LogP contribution in [0.2, 0.25) is 0 Å². The van der Waals surface area contributed by atoms with Crippen LogP contribution in [0.15, 0.2) is 15.9 Å². The zero-order chi connectivity index (χ0) is 13.0. The monoisotopic (exact) mass is 320 g/mol. The van der Waals surface area contributed by atoms with E-state index >= 15 is 0 Å². The number of hydrogen-bond donors (Lipinski definition) is 1. The Morgan fingerprint density at radius 3 is 2.65 bits per heavy atom. The number of halogens is 1. The van der Waals surface area contributed by atoms with Crippen molar-refractivity contribution >= 4 is 39.1 Å². The Labute approximate surface area is 112 Å². The fraction of sp³-hybridized carbons (Fsp3) is 0.400. The van der Waals surface area contributed by atoms with E-state index in [-0.39, 0.29) is 11.8 Å². The van der Waals surface area contributed by atoms with Crippen molar-refractivity contribution in [3.63, 3.8) is 0 Å². The number of thiophene rings is 1. The number of hydrogen-bond acceptors (Lipinski definition) is 4. The number of carbonyl (C=O) groups excluding carboxylic acids is 2. The van der Waals surface area contributed by atoms with Crippen molar-refractivity contribution in [2.75, 3.05) is 14.2 Å². The zero-order valence-corrected chi connectivity index (χ0v) is 12.1. The van der Waals surface area contributed by atoms with E-state index in [1.165, 1.54) is 25.5 Å². The van der Waals surface area contributed by atoms with Crippen LogP contribution in [0, 0.1) is 0 Å². The van der Waals surface area contributed by atoms with Crippen LogP contribution in [0.5, 0.6) is 0 Å². The van der Waals surface area contributed by atoms with Crippen LogP contribution in [0.25, 0.3) is 0 Å². The van der Waals surface area contributed by atoms with E-state index in [0.29, 0.717) is 4.88 Å². The molecule has 94 valence electrons. The first-order valence-corrected chi connectivity index (χ1v) is 6.44. The van der Waals surface area contributed by atoms with Gasteiger partial charge in [-0.15, -0.1) is 11.3 Å². The smallest absolute Gasteiger partial charge is 0.268 e. The number of likely N-dealkylation sites (N-methyl/N-ethyl adjacent to an activating group) is 1. The highest BCUT2D eigenvalue weighted by Crippen LogP contribution is 2.21. The number of nitrogens with one attached hydrogen (secondary N) is 1. The molecule has 1 aromatic heterocycles. The fourth-order valence-electron chi connectivity index (χ4n) is 1.13. The molecule has 1 N–H and O–H groups in total. The SMILES string of the molecule is CON(C)C(=O)[C@H](C)NC(=O)c1ccc(Br)s1. The summed E-state index contributed by atoms with van der Waals surface area (Å²) in [6.07, 6.45) is 0. The van der Waals surface area contributed by atoms with Gasteiger partial charge in [0.2, 0.25) is 0 Å². The number of hydroxylamine groups is 2. The first-order chi connectivity index (χ1) is 7.95. The molecule has 0 aromatic carbocycles. The second-order valence-electron chi connectivity index (χ2n) is 3.32. The molecule has 5 nitrogen and oxygen atoms in total. The lowest BCUT2D eigenvalue weighted by molar-refractivity contribution is -0.170. The van der Waals surface area contributed by atoms with Crippen molar-refractivity contribution in [1.29, 1.82) is 0 Å². The van der Waals surface area contributed by atoms with E-state index in [0.717, 1.165) is 8.85 Å². The Balaban J connectivity index is 2.60. The molecule has 0 unspecified atom stereocenters. The van der Waals surface area contributed by atoms with Gasteiger partial charge in [0.25, 0.3) is 11.8 Å². The van der Waals surface area contributed by atoms with Gasteiger partial charge in [-0.2, -0.15) is 0 Å². The highest BCUT2D eigenvalue weighted by Gasteiger charge is 2.20. The van der Waals surface area contributed by atoms with E-state index in [1.807, 2.05) is 0 Å². The van der Waals surface area contributed by atoms with Crippen molar-refractivity contribution < 1.29 is 14.4 Å². The van der Waals surface area contributed by atoms with Crippen molar-refractivity contribution in [2.24, 2.45) is 0 Å². The topological polar surface area (TPSA) is 58.6 Å². The van der Waals surface area contributed by atoms with Gasteiger partial charge in [-0.1, -0.05) is 0 Å². The van der Waals surface area contributed by atoms with Gasteiger partial charge in [-0.05, 0) is 35.0 Å². The summed E-state index contributed by atoms with van der Waals surface area (Å²) < 4.78 is 0.871. The van der Waals surface area contributed by atoms with Crippen LogP contribution in [0.1, 0.15) is 16.6 Å². The van der Waals surface area contributed by atoms with E-state index in [4.69, 9.17) is 4.84 Å². The molecule has 1 heterocycles. The van der Waals surface area contributed by atoms with E-state index in [2.05, 4.69) is 21.2 Å². The molecule has 7 heteroatoms. The molecule has 1 aromatic rings. The molecule has 0 spiro atoms. The molecule has 0 radical (unpaired) electrons. The summed E-state index contributed by atoms with van der Waals surface area (Å²) in [6.45, 7) is 1.61. The van der Waals surface area contributed by atoms with Crippen molar-refractivity contribution in [1.82, 2.24) is 10.4 Å². The lowest BCUT2D eigenvalue weighted by Gasteiger charge is -2.19. The maximum Gasteiger partial charge on any atom is 0.268 e. The van der Waals surface area contributed by atoms with Crippen LogP contribution in [-0.4, -0.2) is 37.1 Å². The second-order valence-corrected chi connectivity index (χ2v) is 5.78. The summed E-state index contributed by atoms with van der Waals surface area (Å²) in [4.78, 5) is 28.7. The summed E-state index contributed by atoms with van der Waals surface area (Å²) in [6, 6.07) is 2.85. The Morgan fingerprint density at radius 2 is 2.18 bits per heavy atom. The van der Waals surface area contributed by atoms with Gasteiger partial charge >= 0.3 is 0 Å². The summed E-state index contributed by atoms with van der Waals surface area (Å²) in [5, 5.41) is 3.68. The normalized spacial score (nSPS) is 12.0. The number of amides is 2. The van der Waals surface area contributed by atoms with Gasteiger partial charge in [0.05, 0.1) is 15.8 Å². The van der Waals surface area contributed by atoms with E-state index in [1.54, 1.807) is 19.1 Å². The fourth-order valence-corrected chi connectivity index (χ4v) is 2.42. The average molecular weight is 321 g/mol. The molecule has 0 fully saturated rings. The highest BCUT2D eigenvalue weighted by molar-refractivity contribution is 9.11. The summed E-state index contributed by atoms with van der Waals surface area (Å²) in [5.74, 6) is -0.581. The van der Waals surface area contributed by atoms with E-state index < -0.39 is 6.04 Å². The minimum atomic E-state index is -0.631. The third-order valence-corrected chi connectivity index (χ3v) is 3.72. The van der Waals surface area contributed by atoms with Crippen LogP contribution in [0.3, 0.4) is 0 Å². The predicted molar refractivity (Wildman–Crippen MR) is 68.7 cm³/mol. The molecule has 17 heavy (non-hydrogen) atoms. The average Bonchev–Trinajstić information content (AvgIpc) is 2.73. The van der Waals surface area contributed by atoms with Gasteiger partial charge in [0.1, 0.15) is 6.04 Å². The number of rotatable bonds is 4. The van der Waals surface area contributed by atoms with Crippen molar-refractivity contribution in [3.05, 3.63) is 20.8 Å². The molecule has 2 amide bonds. The third-order valence-electron chi connectivity index (χ3n) is 2.10. The second kappa shape index (κ2) is 6.13. The summed E-state index contributed by atoms with van der Waals surface area (Å²) >= 11 is 4.59. The molecule has 1 rings (SSSR count). The molecule has 0 saturated heterocycles. The molecule has 0 aliphatic rings. The molecular formula is C10H13BrN2O3S. The molecule has 0 aliphatic carbocycles. The Hall–Kier alpha value is -0.920. The minimum Gasteiger partial charge on any atom is -0.340 e. The lowest BCUT2D eigenvalue weighted by atomic mass is 10.3. The zero-order valence-electron chi connectivity index (χ0n) is 9.69.